The minimum Gasteiger partial charge on any atom is -0.370 e. The van der Waals surface area contributed by atoms with Gasteiger partial charge in [0, 0.05) is 6.54 Å². The van der Waals surface area contributed by atoms with Crippen LogP contribution in [-0.2, 0) is 5.54 Å². The Hall–Kier alpha value is -1.84. The molecule has 1 unspecified atom stereocenters. The van der Waals surface area contributed by atoms with E-state index in [-0.39, 0.29) is 11.4 Å². The fourth-order valence-electron chi connectivity index (χ4n) is 2.53. The molecule has 0 fully saturated rings. The van der Waals surface area contributed by atoms with Gasteiger partial charge in [0.05, 0.1) is 12.1 Å². The summed E-state index contributed by atoms with van der Waals surface area (Å²) in [6.45, 7) is 6.98. The van der Waals surface area contributed by atoms with Crippen LogP contribution in [0.2, 0.25) is 0 Å². The molecule has 4 heteroatoms. The zero-order valence-electron chi connectivity index (χ0n) is 10.6. The molecule has 0 amide bonds. The fourth-order valence-corrected chi connectivity index (χ4v) is 2.53. The van der Waals surface area contributed by atoms with Crippen molar-refractivity contribution in [2.45, 2.75) is 18.9 Å². The van der Waals surface area contributed by atoms with Crippen molar-refractivity contribution in [2.75, 3.05) is 13.1 Å². The molecular formula is C14H18FN3. The largest absolute Gasteiger partial charge is 0.370 e. The van der Waals surface area contributed by atoms with Crippen LogP contribution in [0.5, 0.6) is 0 Å². The molecule has 2 rings (SSSR count). The molecule has 0 saturated carbocycles. The second kappa shape index (κ2) is 4.80. The summed E-state index contributed by atoms with van der Waals surface area (Å²) in [6.07, 6.45) is 2.60. The summed E-state index contributed by atoms with van der Waals surface area (Å²) in [6, 6.07) is 6.66. The Morgan fingerprint density at radius 1 is 1.61 bits per heavy atom. The summed E-state index contributed by atoms with van der Waals surface area (Å²) < 4.78 is 13.4. The summed E-state index contributed by atoms with van der Waals surface area (Å²) in [5.74, 6) is 0.269. The lowest BCUT2D eigenvalue weighted by Gasteiger charge is -2.38. The zero-order chi connectivity index (χ0) is 13.2. The van der Waals surface area contributed by atoms with Gasteiger partial charge in [0.1, 0.15) is 5.82 Å². The van der Waals surface area contributed by atoms with Gasteiger partial charge in [-0.05, 0) is 24.1 Å². The Morgan fingerprint density at radius 3 is 3.00 bits per heavy atom. The molecule has 0 aromatic heterocycles. The van der Waals surface area contributed by atoms with Crippen molar-refractivity contribution in [1.82, 2.24) is 4.90 Å². The van der Waals surface area contributed by atoms with Gasteiger partial charge in [-0.1, -0.05) is 25.1 Å². The molecule has 0 saturated heterocycles. The third kappa shape index (κ3) is 1.88. The van der Waals surface area contributed by atoms with E-state index in [4.69, 9.17) is 5.73 Å². The van der Waals surface area contributed by atoms with E-state index in [0.29, 0.717) is 19.0 Å². The van der Waals surface area contributed by atoms with Gasteiger partial charge in [-0.2, -0.15) is 0 Å². The van der Waals surface area contributed by atoms with Crippen LogP contribution in [-0.4, -0.2) is 23.9 Å². The summed E-state index contributed by atoms with van der Waals surface area (Å²) in [4.78, 5) is 6.31. The van der Waals surface area contributed by atoms with Gasteiger partial charge < -0.3 is 10.6 Å². The van der Waals surface area contributed by atoms with Gasteiger partial charge in [0.15, 0.2) is 5.96 Å². The highest BCUT2D eigenvalue weighted by Gasteiger charge is 2.41. The van der Waals surface area contributed by atoms with E-state index < -0.39 is 0 Å². The van der Waals surface area contributed by atoms with Crippen LogP contribution in [0, 0.1) is 5.82 Å². The van der Waals surface area contributed by atoms with E-state index in [9.17, 15) is 4.39 Å². The summed E-state index contributed by atoms with van der Waals surface area (Å²) in [5.41, 5.74) is 6.49. The average molecular weight is 247 g/mol. The van der Waals surface area contributed by atoms with Crippen molar-refractivity contribution in [3.8, 4) is 0 Å². The highest BCUT2D eigenvalue weighted by Crippen LogP contribution is 2.36. The number of halogens is 1. The average Bonchev–Trinajstić information content (AvgIpc) is 2.69. The van der Waals surface area contributed by atoms with E-state index in [2.05, 4.69) is 18.5 Å². The number of nitrogens with zero attached hydrogens (tertiary/aromatic N) is 2. The molecule has 1 aromatic carbocycles. The van der Waals surface area contributed by atoms with Crippen LogP contribution in [0.1, 0.15) is 18.9 Å². The molecule has 2 N–H and O–H groups in total. The second-order valence-electron chi connectivity index (χ2n) is 4.47. The first-order chi connectivity index (χ1) is 8.64. The highest BCUT2D eigenvalue weighted by molar-refractivity contribution is 5.81. The third-order valence-electron chi connectivity index (χ3n) is 3.55. The molecule has 0 bridgehead atoms. The smallest absolute Gasteiger partial charge is 0.192 e. The van der Waals surface area contributed by atoms with Gasteiger partial charge in [0.25, 0.3) is 0 Å². The Bertz CT molecular complexity index is 484. The summed E-state index contributed by atoms with van der Waals surface area (Å²) >= 11 is 0. The van der Waals surface area contributed by atoms with E-state index in [0.717, 1.165) is 12.0 Å². The molecule has 1 atom stereocenters. The third-order valence-corrected chi connectivity index (χ3v) is 3.55. The lowest BCUT2D eigenvalue weighted by atomic mass is 9.86. The molecular weight excluding hydrogens is 229 g/mol. The second-order valence-corrected chi connectivity index (χ2v) is 4.47. The van der Waals surface area contributed by atoms with Crippen LogP contribution in [0.4, 0.5) is 4.39 Å². The molecule has 0 spiro atoms. The van der Waals surface area contributed by atoms with Gasteiger partial charge in [0.2, 0.25) is 0 Å². The quantitative estimate of drug-likeness (QED) is 0.829. The first-order valence-electron chi connectivity index (χ1n) is 6.08. The molecule has 0 aliphatic carbocycles. The van der Waals surface area contributed by atoms with Crippen LogP contribution < -0.4 is 5.73 Å². The first-order valence-corrected chi connectivity index (χ1v) is 6.08. The van der Waals surface area contributed by atoms with Gasteiger partial charge in [-0.15, -0.1) is 6.58 Å². The van der Waals surface area contributed by atoms with E-state index in [1.807, 2.05) is 11.0 Å². The highest BCUT2D eigenvalue weighted by atomic mass is 19.1. The minimum absolute atomic E-state index is 0.232. The molecule has 1 aromatic rings. The minimum atomic E-state index is -0.347. The maximum atomic E-state index is 13.4. The van der Waals surface area contributed by atoms with Crippen LogP contribution in [0.3, 0.4) is 0 Å². The maximum absolute atomic E-state index is 13.4. The van der Waals surface area contributed by atoms with Crippen molar-refractivity contribution in [1.29, 1.82) is 0 Å². The molecule has 1 heterocycles. The summed E-state index contributed by atoms with van der Waals surface area (Å²) in [7, 11) is 0. The van der Waals surface area contributed by atoms with Crippen LogP contribution in [0.15, 0.2) is 41.9 Å². The Balaban J connectivity index is 2.45. The zero-order valence-corrected chi connectivity index (χ0v) is 10.6. The monoisotopic (exact) mass is 247 g/mol. The number of nitrogens with two attached hydrogens (primary N) is 1. The molecule has 3 nitrogen and oxygen atoms in total. The van der Waals surface area contributed by atoms with Crippen molar-refractivity contribution in [3.63, 3.8) is 0 Å². The van der Waals surface area contributed by atoms with Crippen LogP contribution in [0.25, 0.3) is 0 Å². The van der Waals surface area contributed by atoms with E-state index in [1.165, 1.54) is 6.07 Å². The first kappa shape index (κ1) is 12.6. The number of rotatable bonds is 4. The molecule has 18 heavy (non-hydrogen) atoms. The van der Waals surface area contributed by atoms with E-state index in [1.54, 1.807) is 18.2 Å². The number of guanidine groups is 1. The Morgan fingerprint density at radius 2 is 2.39 bits per heavy atom. The predicted molar refractivity (Wildman–Crippen MR) is 71.8 cm³/mol. The number of aliphatic imine (C=N–C) groups is 1. The van der Waals surface area contributed by atoms with Crippen LogP contribution >= 0.6 is 0 Å². The molecule has 1 aliphatic rings. The van der Waals surface area contributed by atoms with E-state index >= 15 is 0 Å². The van der Waals surface area contributed by atoms with Crippen molar-refractivity contribution in [3.05, 3.63) is 48.3 Å². The van der Waals surface area contributed by atoms with Gasteiger partial charge in [-0.25, -0.2) is 4.39 Å². The Kier molecular flexibility index (Phi) is 3.36. The summed E-state index contributed by atoms with van der Waals surface area (Å²) in [5, 5.41) is 0. The number of hydrogen-bond acceptors (Lipinski definition) is 3. The SMILES string of the molecule is C=CCN1C(N)=NCC1(CC)c1cccc(F)c1. The predicted octanol–water partition coefficient (Wildman–Crippen LogP) is 2.25. The Labute approximate surface area is 107 Å². The lowest BCUT2D eigenvalue weighted by Crippen LogP contribution is -2.49. The normalized spacial score (nSPS) is 23.0. The van der Waals surface area contributed by atoms with Crippen molar-refractivity contribution >= 4 is 5.96 Å². The van der Waals surface area contributed by atoms with Crippen molar-refractivity contribution < 1.29 is 4.39 Å². The molecule has 1 aliphatic heterocycles. The number of benzene rings is 1. The molecule has 96 valence electrons. The number of hydrogen-bond donors (Lipinski definition) is 1. The molecule has 0 radical (unpaired) electrons. The maximum Gasteiger partial charge on any atom is 0.192 e. The topological polar surface area (TPSA) is 41.6 Å². The van der Waals surface area contributed by atoms with Gasteiger partial charge in [-0.3, -0.25) is 4.99 Å². The standard InChI is InChI=1S/C14H18FN3/c1-3-8-18-13(16)17-10-14(18,4-2)11-6-5-7-12(15)9-11/h3,5-7,9H,1,4,8,10H2,2H3,(H2,16,17). The fraction of sp³-hybridized carbons (Fsp3) is 0.357. The lowest BCUT2D eigenvalue weighted by molar-refractivity contribution is 0.210. The van der Waals surface area contributed by atoms with Gasteiger partial charge >= 0.3 is 0 Å². The van der Waals surface area contributed by atoms with Crippen molar-refractivity contribution in [2.24, 2.45) is 10.7 Å².